The Morgan fingerprint density at radius 1 is 1.23 bits per heavy atom. The van der Waals surface area contributed by atoms with Crippen LogP contribution in [0.3, 0.4) is 0 Å². The van der Waals surface area contributed by atoms with Crippen LogP contribution >= 0.6 is 22.9 Å². The Kier molecular flexibility index (Phi) is 7.38. The lowest BCUT2D eigenvalue weighted by atomic mass is 9.93. The molecule has 1 aliphatic rings. The molecule has 1 fully saturated rings. The summed E-state index contributed by atoms with van der Waals surface area (Å²) in [5.41, 5.74) is 1.45. The molecule has 0 radical (unpaired) electrons. The van der Waals surface area contributed by atoms with Crippen molar-refractivity contribution in [3.05, 3.63) is 75.9 Å². The van der Waals surface area contributed by atoms with E-state index in [9.17, 15) is 18.3 Å². The molecule has 12 heteroatoms. The van der Waals surface area contributed by atoms with Crippen molar-refractivity contribution in [3.8, 4) is 11.3 Å². The summed E-state index contributed by atoms with van der Waals surface area (Å²) in [7, 11) is -3.68. The molecule has 0 bridgehead atoms. The van der Waals surface area contributed by atoms with Gasteiger partial charge in [-0.3, -0.25) is 10.3 Å². The van der Waals surface area contributed by atoms with Gasteiger partial charge in [-0.05, 0) is 67.5 Å². The van der Waals surface area contributed by atoms with Gasteiger partial charge in [0.25, 0.3) is 0 Å². The Labute approximate surface area is 234 Å². The summed E-state index contributed by atoms with van der Waals surface area (Å²) in [5, 5.41) is 22.7. The van der Waals surface area contributed by atoms with Crippen molar-refractivity contribution in [3.63, 3.8) is 0 Å². The van der Waals surface area contributed by atoms with E-state index in [0.29, 0.717) is 29.8 Å². The highest BCUT2D eigenvalue weighted by Gasteiger charge is 2.38. The molecule has 0 saturated heterocycles. The highest BCUT2D eigenvalue weighted by atomic mass is 35.5. The number of sulfonamides is 1. The van der Waals surface area contributed by atoms with Gasteiger partial charge in [-0.1, -0.05) is 36.7 Å². The summed E-state index contributed by atoms with van der Waals surface area (Å²) >= 11 is 7.88. The Bertz CT molecular complexity index is 1670. The van der Waals surface area contributed by atoms with Crippen molar-refractivity contribution >= 4 is 55.0 Å². The average molecular weight is 587 g/mol. The zero-order chi connectivity index (χ0) is 27.9. The summed E-state index contributed by atoms with van der Waals surface area (Å²) in [6.07, 6.45) is 2.05. The molecule has 204 valence electrons. The number of rotatable bonds is 9. The molecule has 1 amide bonds. The number of aliphatic hydroxyl groups is 1. The summed E-state index contributed by atoms with van der Waals surface area (Å²) in [4.78, 5) is 20.8. The average Bonchev–Trinajstić information content (AvgIpc) is 3.68. The zero-order valence-electron chi connectivity index (χ0n) is 21.2. The van der Waals surface area contributed by atoms with Crippen LogP contribution in [0.2, 0.25) is 5.02 Å². The highest BCUT2D eigenvalue weighted by Crippen LogP contribution is 2.41. The molecular formula is C27H27ClN4O5S2. The topological polar surface area (TPSA) is 142 Å². The second kappa shape index (κ2) is 10.5. The van der Waals surface area contributed by atoms with Crippen molar-refractivity contribution in [2.45, 2.75) is 50.0 Å². The molecule has 4 aromatic rings. The van der Waals surface area contributed by atoms with Gasteiger partial charge in [0.1, 0.15) is 5.82 Å². The summed E-state index contributed by atoms with van der Waals surface area (Å²) in [6.45, 7) is 3.67. The number of nitrogens with zero attached hydrogens (tertiary/aromatic N) is 2. The van der Waals surface area contributed by atoms with E-state index in [-0.39, 0.29) is 16.5 Å². The lowest BCUT2D eigenvalue weighted by Gasteiger charge is -2.22. The van der Waals surface area contributed by atoms with E-state index in [4.69, 9.17) is 16.7 Å². The Morgan fingerprint density at radius 3 is 2.69 bits per heavy atom. The predicted octanol–water partition coefficient (Wildman–Crippen LogP) is 5.89. The van der Waals surface area contributed by atoms with Crippen LogP contribution in [0, 0.1) is 0 Å². The Hall–Kier alpha value is -3.09. The minimum Gasteiger partial charge on any atom is -0.465 e. The highest BCUT2D eigenvalue weighted by molar-refractivity contribution is 7.90. The van der Waals surface area contributed by atoms with Crippen LogP contribution in [0.4, 0.5) is 10.6 Å². The van der Waals surface area contributed by atoms with Gasteiger partial charge in [0.15, 0.2) is 0 Å². The predicted molar refractivity (Wildman–Crippen MR) is 153 cm³/mol. The van der Waals surface area contributed by atoms with Crippen LogP contribution in [0.25, 0.3) is 21.3 Å². The van der Waals surface area contributed by atoms with Crippen molar-refractivity contribution in [2.24, 2.45) is 0 Å². The summed E-state index contributed by atoms with van der Waals surface area (Å²) < 4.78 is 29.8. The van der Waals surface area contributed by atoms with Gasteiger partial charge < -0.3 is 10.2 Å². The van der Waals surface area contributed by atoms with Crippen LogP contribution in [0.1, 0.15) is 55.3 Å². The number of carbonyl (C=O) groups is 1. The SMILES string of the molecule is CCC(C)(O)c1ccnc(-c2cccc3cc(C(NS(=O)(=O)C4CC4)c4nc(NC(=O)O)ccc4Cl)sc23)c1. The normalized spacial score (nSPS) is 16.1. The van der Waals surface area contributed by atoms with Crippen LogP contribution < -0.4 is 10.0 Å². The van der Waals surface area contributed by atoms with Gasteiger partial charge in [-0.2, -0.15) is 0 Å². The fourth-order valence-corrected chi connectivity index (χ4v) is 7.31. The number of halogens is 1. The summed E-state index contributed by atoms with van der Waals surface area (Å²) in [6, 6.07) is 13.3. The van der Waals surface area contributed by atoms with Crippen molar-refractivity contribution in [1.82, 2.24) is 14.7 Å². The quantitative estimate of drug-likeness (QED) is 0.191. The van der Waals surface area contributed by atoms with Crippen LogP contribution in [0.15, 0.2) is 54.7 Å². The molecule has 1 aliphatic carbocycles. The first-order chi connectivity index (χ1) is 18.5. The van der Waals surface area contributed by atoms with E-state index in [1.165, 1.54) is 23.5 Å². The standard InChI is InChI=1S/C27H27ClN4O5S2/c1-3-27(2,35)16-11-12-29-20(14-16)18-6-4-5-15-13-21(38-25(15)18)24(32-39(36,37)17-7-8-17)23-19(28)9-10-22(30-23)31-26(33)34/h4-6,9-14,17,24,32,35H,3,7-8H2,1-2H3,(H,30,31)(H,33,34). The molecule has 39 heavy (non-hydrogen) atoms. The fraction of sp³-hybridized carbons (Fsp3) is 0.296. The third-order valence-corrected chi connectivity index (χ3v) is 10.3. The first kappa shape index (κ1) is 27.5. The largest absolute Gasteiger partial charge is 0.465 e. The van der Waals surface area contributed by atoms with Crippen molar-refractivity contribution in [1.29, 1.82) is 0 Å². The number of benzene rings is 1. The molecule has 4 N–H and O–H groups in total. The van der Waals surface area contributed by atoms with E-state index in [1.54, 1.807) is 19.2 Å². The second-order valence-corrected chi connectivity index (χ2v) is 13.2. The molecule has 3 heterocycles. The van der Waals surface area contributed by atoms with Gasteiger partial charge in [0.05, 0.1) is 33.3 Å². The number of aromatic nitrogens is 2. The van der Waals surface area contributed by atoms with Crippen molar-refractivity contribution in [2.75, 3.05) is 5.32 Å². The summed E-state index contributed by atoms with van der Waals surface area (Å²) in [5.74, 6) is 0.0308. The third kappa shape index (κ3) is 5.78. The molecule has 2 unspecified atom stereocenters. The van der Waals surface area contributed by atoms with E-state index >= 15 is 0 Å². The number of nitrogens with one attached hydrogen (secondary N) is 2. The Morgan fingerprint density at radius 2 is 2.00 bits per heavy atom. The minimum atomic E-state index is -3.68. The molecule has 5 rings (SSSR count). The molecule has 3 aromatic heterocycles. The maximum atomic E-state index is 13.1. The number of amides is 1. The number of hydrogen-bond acceptors (Lipinski definition) is 7. The van der Waals surface area contributed by atoms with Crippen LogP contribution in [0.5, 0.6) is 0 Å². The molecule has 1 aromatic carbocycles. The molecular weight excluding hydrogens is 560 g/mol. The lowest BCUT2D eigenvalue weighted by Crippen LogP contribution is -2.32. The fourth-order valence-electron chi connectivity index (χ4n) is 4.27. The molecule has 0 spiro atoms. The van der Waals surface area contributed by atoms with Gasteiger partial charge in [-0.15, -0.1) is 11.3 Å². The Balaban J connectivity index is 1.64. The second-order valence-electron chi connectivity index (χ2n) is 9.72. The lowest BCUT2D eigenvalue weighted by molar-refractivity contribution is 0.0530. The number of pyridine rings is 2. The van der Waals surface area contributed by atoms with Crippen LogP contribution in [-0.4, -0.2) is 39.9 Å². The number of thiophene rings is 1. The van der Waals surface area contributed by atoms with Gasteiger partial charge in [0, 0.05) is 21.3 Å². The maximum absolute atomic E-state index is 13.1. The number of fused-ring (bicyclic) bond motifs is 1. The third-order valence-electron chi connectivity index (χ3n) is 6.82. The van der Waals surface area contributed by atoms with Gasteiger partial charge in [-0.25, -0.2) is 22.9 Å². The molecule has 0 aliphatic heterocycles. The van der Waals surface area contributed by atoms with Gasteiger partial charge in [0.2, 0.25) is 10.0 Å². The molecule has 2 atom stereocenters. The monoisotopic (exact) mass is 586 g/mol. The van der Waals surface area contributed by atoms with E-state index in [1.807, 2.05) is 37.3 Å². The maximum Gasteiger partial charge on any atom is 0.410 e. The van der Waals surface area contributed by atoms with E-state index in [2.05, 4.69) is 20.0 Å². The smallest absolute Gasteiger partial charge is 0.410 e. The van der Waals surface area contributed by atoms with Gasteiger partial charge >= 0.3 is 6.09 Å². The minimum absolute atomic E-state index is 0.0308. The molecule has 1 saturated carbocycles. The van der Waals surface area contributed by atoms with E-state index < -0.39 is 33.0 Å². The van der Waals surface area contributed by atoms with Crippen molar-refractivity contribution < 1.29 is 23.4 Å². The zero-order valence-corrected chi connectivity index (χ0v) is 23.6. The first-order valence-corrected chi connectivity index (χ1v) is 15.1. The van der Waals surface area contributed by atoms with E-state index in [0.717, 1.165) is 21.2 Å². The number of anilines is 1. The number of carboxylic acid groups (broad SMARTS) is 1. The first-order valence-electron chi connectivity index (χ1n) is 12.4. The molecule has 9 nitrogen and oxygen atoms in total. The number of hydrogen-bond donors (Lipinski definition) is 4. The van der Waals surface area contributed by atoms with Crippen LogP contribution in [-0.2, 0) is 15.6 Å².